The second kappa shape index (κ2) is 9.91. The van der Waals surface area contributed by atoms with Gasteiger partial charge in [0, 0.05) is 28.7 Å². The number of fused-ring (bicyclic) bond motifs is 8. The molecule has 0 aliphatic heterocycles. The number of rotatable bonds is 3. The van der Waals surface area contributed by atoms with Gasteiger partial charge in [0.2, 0.25) is 0 Å². The van der Waals surface area contributed by atoms with Crippen molar-refractivity contribution in [2.45, 2.75) is 0 Å². The highest BCUT2D eigenvalue weighted by molar-refractivity contribution is 6.23. The van der Waals surface area contributed by atoms with Gasteiger partial charge in [0.15, 0.2) is 5.69 Å². The first kappa shape index (κ1) is 25.3. The van der Waals surface area contributed by atoms with E-state index >= 15 is 0 Å². The van der Waals surface area contributed by atoms with E-state index in [1.165, 1.54) is 49.0 Å². The zero-order chi connectivity index (χ0) is 29.9. The molecule has 0 fully saturated rings. The standard InChI is InChI=1S/C42H24N2O/c1-43-30-17-19-42-40(22-30)39-21-28(16-18-41(39)45-42)26-12-14-27(15-13-26)35-23-37-34-11-5-3-9-32(34)36(29-7-6-20-44-25-29)24-38(37)33-10-4-2-8-31(33)35/h2-25H. The molecule has 208 valence electrons. The summed E-state index contributed by atoms with van der Waals surface area (Å²) < 4.78 is 6.05. The zero-order valence-electron chi connectivity index (χ0n) is 24.2. The van der Waals surface area contributed by atoms with Crippen molar-refractivity contribution in [3.05, 3.63) is 157 Å². The van der Waals surface area contributed by atoms with Crippen LogP contribution in [0.1, 0.15) is 0 Å². The smallest absolute Gasteiger partial charge is 0.188 e. The zero-order valence-corrected chi connectivity index (χ0v) is 24.2. The Hall–Kier alpha value is -6.24. The van der Waals surface area contributed by atoms with Crippen LogP contribution in [0.15, 0.2) is 150 Å². The molecule has 0 saturated heterocycles. The van der Waals surface area contributed by atoms with E-state index in [1.54, 1.807) is 6.07 Å². The molecular formula is C42H24N2O. The summed E-state index contributed by atoms with van der Waals surface area (Å²) in [6.07, 6.45) is 3.77. The molecule has 45 heavy (non-hydrogen) atoms. The molecule has 0 bridgehead atoms. The van der Waals surface area contributed by atoms with E-state index in [0.717, 1.165) is 38.6 Å². The molecule has 3 heteroatoms. The normalized spacial score (nSPS) is 11.5. The molecule has 3 nitrogen and oxygen atoms in total. The third-order valence-electron chi connectivity index (χ3n) is 8.97. The van der Waals surface area contributed by atoms with Crippen LogP contribution in [0.5, 0.6) is 0 Å². The lowest BCUT2D eigenvalue weighted by atomic mass is 9.88. The predicted molar refractivity (Wildman–Crippen MR) is 187 cm³/mol. The van der Waals surface area contributed by atoms with Gasteiger partial charge in [-0.25, -0.2) is 4.85 Å². The number of aromatic nitrogens is 1. The maximum atomic E-state index is 7.42. The van der Waals surface area contributed by atoms with Gasteiger partial charge in [-0.1, -0.05) is 91.0 Å². The van der Waals surface area contributed by atoms with Crippen LogP contribution in [0.2, 0.25) is 0 Å². The molecule has 0 spiro atoms. The number of pyridine rings is 1. The Balaban J connectivity index is 1.21. The summed E-state index contributed by atoms with van der Waals surface area (Å²) in [6, 6.07) is 47.0. The molecule has 0 unspecified atom stereocenters. The number of benzene rings is 7. The summed E-state index contributed by atoms with van der Waals surface area (Å²) in [5.41, 5.74) is 9.19. The van der Waals surface area contributed by atoms with E-state index in [4.69, 9.17) is 11.0 Å². The van der Waals surface area contributed by atoms with Crippen LogP contribution in [0.25, 0.3) is 92.5 Å². The van der Waals surface area contributed by atoms with Crippen LogP contribution in [0.3, 0.4) is 0 Å². The minimum absolute atomic E-state index is 0.614. The topological polar surface area (TPSA) is 30.4 Å². The van der Waals surface area contributed by atoms with Crippen LogP contribution in [-0.2, 0) is 0 Å². The summed E-state index contributed by atoms with van der Waals surface area (Å²) in [5, 5.41) is 9.40. The van der Waals surface area contributed by atoms with Gasteiger partial charge in [-0.3, -0.25) is 4.98 Å². The summed E-state index contributed by atoms with van der Waals surface area (Å²) in [6.45, 7) is 7.42. The largest absolute Gasteiger partial charge is 0.456 e. The second-order valence-corrected chi connectivity index (χ2v) is 11.5. The lowest BCUT2D eigenvalue weighted by Gasteiger charge is -2.16. The minimum Gasteiger partial charge on any atom is -0.456 e. The van der Waals surface area contributed by atoms with Crippen LogP contribution < -0.4 is 0 Å². The van der Waals surface area contributed by atoms with E-state index in [9.17, 15) is 0 Å². The number of hydrogen-bond donors (Lipinski definition) is 0. The third kappa shape index (κ3) is 4.01. The monoisotopic (exact) mass is 572 g/mol. The maximum Gasteiger partial charge on any atom is 0.188 e. The fraction of sp³-hybridized carbons (Fsp3) is 0. The molecule has 0 amide bonds. The Morgan fingerprint density at radius 2 is 1.02 bits per heavy atom. The highest BCUT2D eigenvalue weighted by atomic mass is 16.3. The number of hydrogen-bond acceptors (Lipinski definition) is 2. The van der Waals surface area contributed by atoms with E-state index < -0.39 is 0 Å². The van der Waals surface area contributed by atoms with Crippen molar-refractivity contribution in [3.8, 4) is 33.4 Å². The fourth-order valence-electron chi connectivity index (χ4n) is 6.81. The average molecular weight is 573 g/mol. The lowest BCUT2D eigenvalue weighted by Crippen LogP contribution is -1.89. The van der Waals surface area contributed by atoms with Crippen LogP contribution in [0.4, 0.5) is 5.69 Å². The van der Waals surface area contributed by atoms with Crippen molar-refractivity contribution in [3.63, 3.8) is 0 Å². The van der Waals surface area contributed by atoms with Gasteiger partial charge in [-0.05, 0) is 103 Å². The molecule has 0 saturated carbocycles. The molecule has 2 heterocycles. The lowest BCUT2D eigenvalue weighted by molar-refractivity contribution is 0.669. The van der Waals surface area contributed by atoms with Gasteiger partial charge in [0.05, 0.1) is 6.57 Å². The van der Waals surface area contributed by atoms with Crippen molar-refractivity contribution in [1.82, 2.24) is 4.98 Å². The van der Waals surface area contributed by atoms with Gasteiger partial charge < -0.3 is 4.42 Å². The summed E-state index contributed by atoms with van der Waals surface area (Å²) >= 11 is 0. The highest BCUT2D eigenvalue weighted by Crippen LogP contribution is 2.42. The molecule has 7 aromatic carbocycles. The molecule has 9 rings (SSSR count). The average Bonchev–Trinajstić information content (AvgIpc) is 3.48. The number of nitrogens with zero attached hydrogens (tertiary/aromatic N) is 2. The molecule has 2 aromatic heterocycles. The van der Waals surface area contributed by atoms with Gasteiger partial charge in [-0.2, -0.15) is 0 Å². The van der Waals surface area contributed by atoms with Crippen LogP contribution in [0, 0.1) is 6.57 Å². The van der Waals surface area contributed by atoms with Gasteiger partial charge in [0.25, 0.3) is 0 Å². The Kier molecular flexibility index (Phi) is 5.57. The first-order chi connectivity index (χ1) is 22.2. The Bertz CT molecular complexity index is 2640. The van der Waals surface area contributed by atoms with Crippen LogP contribution >= 0.6 is 0 Å². The highest BCUT2D eigenvalue weighted by Gasteiger charge is 2.15. The Labute approximate surface area is 259 Å². The summed E-state index contributed by atoms with van der Waals surface area (Å²) in [5.74, 6) is 0. The second-order valence-electron chi connectivity index (χ2n) is 11.5. The van der Waals surface area contributed by atoms with Crippen molar-refractivity contribution in [2.24, 2.45) is 0 Å². The van der Waals surface area contributed by atoms with E-state index in [-0.39, 0.29) is 0 Å². The van der Waals surface area contributed by atoms with Crippen molar-refractivity contribution >= 4 is 59.9 Å². The SMILES string of the molecule is [C-]#[N+]c1ccc2oc3ccc(-c4ccc(-c5cc6c7ccccc7c(-c7cccnc7)cc6c6ccccc56)cc4)cc3c2c1. The Morgan fingerprint density at radius 3 is 1.67 bits per heavy atom. The van der Waals surface area contributed by atoms with Gasteiger partial charge in [-0.15, -0.1) is 0 Å². The van der Waals surface area contributed by atoms with Gasteiger partial charge >= 0.3 is 0 Å². The molecule has 0 atom stereocenters. The summed E-state index contributed by atoms with van der Waals surface area (Å²) in [4.78, 5) is 8.02. The maximum absolute atomic E-state index is 7.42. The first-order valence-electron chi connectivity index (χ1n) is 15.0. The van der Waals surface area contributed by atoms with E-state index in [1.807, 2.05) is 36.7 Å². The van der Waals surface area contributed by atoms with E-state index in [0.29, 0.717) is 5.69 Å². The molecule has 9 aromatic rings. The fourth-order valence-corrected chi connectivity index (χ4v) is 6.81. The molecular weight excluding hydrogens is 548 g/mol. The quantitative estimate of drug-likeness (QED) is 0.156. The Morgan fingerprint density at radius 1 is 0.444 bits per heavy atom. The van der Waals surface area contributed by atoms with Crippen LogP contribution in [-0.4, -0.2) is 4.98 Å². The van der Waals surface area contributed by atoms with Crippen molar-refractivity contribution in [2.75, 3.05) is 0 Å². The predicted octanol–water partition coefficient (Wildman–Crippen LogP) is 12.0. The summed E-state index contributed by atoms with van der Waals surface area (Å²) in [7, 11) is 0. The molecule has 0 aliphatic carbocycles. The third-order valence-corrected chi connectivity index (χ3v) is 8.97. The van der Waals surface area contributed by atoms with Gasteiger partial charge in [0.1, 0.15) is 11.2 Å². The van der Waals surface area contributed by atoms with Crippen molar-refractivity contribution in [1.29, 1.82) is 0 Å². The first-order valence-corrected chi connectivity index (χ1v) is 15.0. The van der Waals surface area contributed by atoms with E-state index in [2.05, 4.69) is 113 Å². The molecule has 0 aliphatic rings. The molecule has 0 radical (unpaired) electrons. The van der Waals surface area contributed by atoms with Crippen molar-refractivity contribution < 1.29 is 4.42 Å². The molecule has 0 N–H and O–H groups in total. The minimum atomic E-state index is 0.614. The number of furan rings is 1.